The van der Waals surface area contributed by atoms with Gasteiger partial charge in [0.2, 0.25) is 5.91 Å². The average Bonchev–Trinajstić information content (AvgIpc) is 3.23. The van der Waals surface area contributed by atoms with Gasteiger partial charge in [0.25, 0.3) is 0 Å². The van der Waals surface area contributed by atoms with E-state index in [-0.39, 0.29) is 29.6 Å². The maximum Gasteiger partial charge on any atom is 0.341 e. The van der Waals surface area contributed by atoms with E-state index in [4.69, 9.17) is 4.74 Å². The molecule has 1 aromatic heterocycles. The first-order chi connectivity index (χ1) is 16.0. The minimum Gasteiger partial charge on any atom is -0.465 e. The van der Waals surface area contributed by atoms with Crippen LogP contribution in [-0.2, 0) is 9.53 Å². The van der Waals surface area contributed by atoms with Gasteiger partial charge in [0.05, 0.1) is 19.3 Å². The minimum absolute atomic E-state index is 0.148. The number of carbonyl (C=O) groups excluding carboxylic acids is 2. The number of halogens is 2. The first kappa shape index (κ1) is 22.9. The first-order valence-corrected chi connectivity index (χ1v) is 11.3. The smallest absolute Gasteiger partial charge is 0.341 e. The molecule has 0 bridgehead atoms. The van der Waals surface area contributed by atoms with Gasteiger partial charge in [-0.1, -0.05) is 24.3 Å². The highest BCUT2D eigenvalue weighted by Crippen LogP contribution is 2.36. The zero-order valence-corrected chi connectivity index (χ0v) is 18.8. The molecule has 1 N–H and O–H groups in total. The Balaban J connectivity index is 1.41. The predicted octanol–water partition coefficient (Wildman–Crippen LogP) is 4.24. The van der Waals surface area contributed by atoms with Gasteiger partial charge >= 0.3 is 5.97 Å². The molecule has 9 heteroatoms. The van der Waals surface area contributed by atoms with Gasteiger partial charge in [0, 0.05) is 37.1 Å². The molecule has 1 fully saturated rings. The molecule has 33 heavy (non-hydrogen) atoms. The fraction of sp³-hybridized carbons (Fsp3) is 0.250. The molecular weight excluding hydrogens is 448 g/mol. The topological polar surface area (TPSA) is 61.9 Å². The number of hydrogen-bond donors (Lipinski definition) is 1. The SMILES string of the molecule is COC(=O)c1c(-c2ccc(F)cc2)csc1NC(=O)CN1CCN(c2ccccc2F)CC1. The van der Waals surface area contributed by atoms with E-state index in [2.05, 4.69) is 5.32 Å². The van der Waals surface area contributed by atoms with Crippen molar-refractivity contribution < 1.29 is 23.1 Å². The maximum atomic E-state index is 14.0. The van der Waals surface area contributed by atoms with Crippen molar-refractivity contribution in [3.8, 4) is 11.1 Å². The highest BCUT2D eigenvalue weighted by Gasteiger charge is 2.24. The molecule has 1 saturated heterocycles. The summed E-state index contributed by atoms with van der Waals surface area (Å²) >= 11 is 1.21. The van der Waals surface area contributed by atoms with E-state index < -0.39 is 5.97 Å². The summed E-state index contributed by atoms with van der Waals surface area (Å²) in [6.45, 7) is 2.58. The van der Waals surface area contributed by atoms with Crippen molar-refractivity contribution in [2.24, 2.45) is 0 Å². The van der Waals surface area contributed by atoms with E-state index in [1.165, 1.54) is 36.6 Å². The second kappa shape index (κ2) is 10.1. The molecule has 0 radical (unpaired) electrons. The van der Waals surface area contributed by atoms with Gasteiger partial charge in [0.1, 0.15) is 22.2 Å². The third-order valence-corrected chi connectivity index (χ3v) is 6.42. The molecule has 1 aliphatic heterocycles. The molecule has 1 aliphatic rings. The summed E-state index contributed by atoms with van der Waals surface area (Å²) in [6, 6.07) is 12.4. The van der Waals surface area contributed by atoms with Crippen LogP contribution in [0.2, 0.25) is 0 Å². The van der Waals surface area contributed by atoms with Gasteiger partial charge in [-0.05, 0) is 29.8 Å². The molecule has 0 saturated carbocycles. The molecule has 0 spiro atoms. The largest absolute Gasteiger partial charge is 0.465 e. The van der Waals surface area contributed by atoms with Crippen molar-refractivity contribution in [3.63, 3.8) is 0 Å². The van der Waals surface area contributed by atoms with Crippen LogP contribution < -0.4 is 10.2 Å². The number of esters is 1. The van der Waals surface area contributed by atoms with Crippen molar-refractivity contribution in [2.45, 2.75) is 0 Å². The Bertz CT molecular complexity index is 1140. The number of amides is 1. The van der Waals surface area contributed by atoms with Gasteiger partial charge < -0.3 is 15.0 Å². The van der Waals surface area contributed by atoms with Gasteiger partial charge in [-0.15, -0.1) is 11.3 Å². The summed E-state index contributed by atoms with van der Waals surface area (Å²) in [7, 11) is 1.27. The predicted molar refractivity (Wildman–Crippen MR) is 125 cm³/mol. The molecule has 0 unspecified atom stereocenters. The summed E-state index contributed by atoms with van der Waals surface area (Å²) in [6.07, 6.45) is 0. The fourth-order valence-electron chi connectivity index (χ4n) is 3.82. The zero-order valence-electron chi connectivity index (χ0n) is 18.0. The Morgan fingerprint density at radius 1 is 1.03 bits per heavy atom. The van der Waals surface area contributed by atoms with Crippen LogP contribution in [0.4, 0.5) is 19.5 Å². The molecule has 172 valence electrons. The third-order valence-electron chi connectivity index (χ3n) is 5.52. The van der Waals surface area contributed by atoms with Crippen LogP contribution in [0, 0.1) is 11.6 Å². The second-order valence-electron chi connectivity index (χ2n) is 7.61. The zero-order chi connectivity index (χ0) is 23.4. The Morgan fingerprint density at radius 3 is 2.39 bits per heavy atom. The van der Waals surface area contributed by atoms with Crippen LogP contribution >= 0.6 is 11.3 Å². The van der Waals surface area contributed by atoms with Crippen LogP contribution in [0.1, 0.15) is 10.4 Å². The van der Waals surface area contributed by atoms with Gasteiger partial charge in [-0.3, -0.25) is 9.69 Å². The molecular formula is C24H23F2N3O3S. The fourth-order valence-corrected chi connectivity index (χ4v) is 4.79. The third kappa shape index (κ3) is 5.20. The lowest BCUT2D eigenvalue weighted by Gasteiger charge is -2.35. The number of anilines is 2. The van der Waals surface area contributed by atoms with E-state index in [9.17, 15) is 18.4 Å². The van der Waals surface area contributed by atoms with Crippen molar-refractivity contribution in [2.75, 3.05) is 50.1 Å². The van der Waals surface area contributed by atoms with E-state index in [0.717, 1.165) is 0 Å². The van der Waals surface area contributed by atoms with Crippen LogP contribution in [0.5, 0.6) is 0 Å². The molecule has 6 nitrogen and oxygen atoms in total. The van der Waals surface area contributed by atoms with Crippen molar-refractivity contribution in [3.05, 3.63) is 71.1 Å². The Hall–Kier alpha value is -3.30. The number of carbonyl (C=O) groups is 2. The number of benzene rings is 2. The number of hydrogen-bond acceptors (Lipinski definition) is 6. The summed E-state index contributed by atoms with van der Waals surface area (Å²) in [5, 5.41) is 4.94. The van der Waals surface area contributed by atoms with E-state index in [1.54, 1.807) is 35.7 Å². The van der Waals surface area contributed by atoms with Crippen LogP contribution in [0.25, 0.3) is 11.1 Å². The van der Waals surface area contributed by atoms with Crippen LogP contribution in [0.15, 0.2) is 53.9 Å². The van der Waals surface area contributed by atoms with E-state index in [0.29, 0.717) is 48.0 Å². The van der Waals surface area contributed by atoms with Crippen molar-refractivity contribution in [1.29, 1.82) is 0 Å². The lowest BCUT2D eigenvalue weighted by molar-refractivity contribution is -0.117. The van der Waals surface area contributed by atoms with Gasteiger partial charge in [0.15, 0.2) is 0 Å². The van der Waals surface area contributed by atoms with Gasteiger partial charge in [-0.25, -0.2) is 13.6 Å². The number of nitrogens with one attached hydrogen (secondary N) is 1. The summed E-state index contributed by atoms with van der Waals surface area (Å²) < 4.78 is 32.2. The number of para-hydroxylation sites is 1. The number of methoxy groups -OCH3 is 1. The quantitative estimate of drug-likeness (QED) is 0.545. The lowest BCUT2D eigenvalue weighted by Crippen LogP contribution is -2.48. The van der Waals surface area contributed by atoms with Crippen LogP contribution in [-0.4, -0.2) is 56.6 Å². The van der Waals surface area contributed by atoms with E-state index >= 15 is 0 Å². The number of piperazine rings is 1. The number of rotatable bonds is 6. The Kier molecular flexibility index (Phi) is 7.00. The van der Waals surface area contributed by atoms with E-state index in [1.807, 2.05) is 9.80 Å². The molecule has 3 aromatic rings. The normalized spacial score (nSPS) is 14.2. The lowest BCUT2D eigenvalue weighted by atomic mass is 10.0. The standard InChI is InChI=1S/C24H23F2N3O3S/c1-32-24(31)22-18(16-6-8-17(25)9-7-16)15-33-23(22)27-21(30)14-28-10-12-29(13-11-28)20-5-3-2-4-19(20)26/h2-9,15H,10-14H2,1H3,(H,27,30). The second-order valence-corrected chi connectivity index (χ2v) is 8.49. The van der Waals surface area contributed by atoms with Gasteiger partial charge in [-0.2, -0.15) is 0 Å². The number of thiophene rings is 1. The molecule has 2 aromatic carbocycles. The van der Waals surface area contributed by atoms with Crippen molar-refractivity contribution in [1.82, 2.24) is 4.90 Å². The molecule has 0 atom stereocenters. The molecule has 0 aliphatic carbocycles. The number of nitrogens with zero attached hydrogens (tertiary/aromatic N) is 2. The maximum absolute atomic E-state index is 14.0. The Morgan fingerprint density at radius 2 is 1.73 bits per heavy atom. The number of ether oxygens (including phenoxy) is 1. The Labute approximate surface area is 194 Å². The summed E-state index contributed by atoms with van der Waals surface area (Å²) in [5.41, 5.74) is 2.03. The monoisotopic (exact) mass is 471 g/mol. The molecule has 1 amide bonds. The summed E-state index contributed by atoms with van der Waals surface area (Å²) in [4.78, 5) is 29.1. The highest BCUT2D eigenvalue weighted by atomic mass is 32.1. The van der Waals surface area contributed by atoms with Crippen molar-refractivity contribution >= 4 is 33.9 Å². The van der Waals surface area contributed by atoms with Crippen LogP contribution in [0.3, 0.4) is 0 Å². The first-order valence-electron chi connectivity index (χ1n) is 10.4. The highest BCUT2D eigenvalue weighted by molar-refractivity contribution is 7.15. The summed E-state index contributed by atoms with van der Waals surface area (Å²) in [5.74, 6) is -1.47. The minimum atomic E-state index is -0.579. The molecule has 4 rings (SSSR count). The average molecular weight is 472 g/mol. The molecule has 2 heterocycles.